The standard InChI is InChI=1S/C36H44N6O2/c1-7-9-25(3)31-23-42(39-31)35-21-19-33(41(35)5)36(27-12-14-29(15-13-27)38-28(8-2)24-43)32-18-20-34(40(32)4)37-22-26-10-16-30(44-6)17-11-26/h8,10-21,23,25,39,43H,7,9,22,24H2,1-6H3,(H,37,38)/p+1. The van der Waals surface area contributed by atoms with E-state index in [2.05, 4.69) is 124 Å². The van der Waals surface area contributed by atoms with E-state index in [-0.39, 0.29) is 6.61 Å². The topological polar surface area (TPSA) is 82.2 Å². The van der Waals surface area contributed by atoms with Gasteiger partial charge in [0.15, 0.2) is 0 Å². The summed E-state index contributed by atoms with van der Waals surface area (Å²) < 4.78 is 11.9. The zero-order valence-corrected chi connectivity index (χ0v) is 26.7. The summed E-state index contributed by atoms with van der Waals surface area (Å²) in [5.41, 5.74) is 8.60. The summed E-state index contributed by atoms with van der Waals surface area (Å²) in [6, 6.07) is 20.8. The van der Waals surface area contributed by atoms with Crippen molar-refractivity contribution in [3.63, 3.8) is 0 Å². The van der Waals surface area contributed by atoms with Gasteiger partial charge in [0.1, 0.15) is 23.5 Å². The van der Waals surface area contributed by atoms with Crippen molar-refractivity contribution < 1.29 is 14.4 Å². The van der Waals surface area contributed by atoms with Crippen LogP contribution in [0.5, 0.6) is 5.75 Å². The van der Waals surface area contributed by atoms with E-state index in [0.717, 1.165) is 51.3 Å². The maximum Gasteiger partial charge on any atom is 0.305 e. The molecule has 2 aromatic carbocycles. The van der Waals surface area contributed by atoms with E-state index in [1.807, 2.05) is 25.1 Å². The van der Waals surface area contributed by atoms with Gasteiger partial charge in [0, 0.05) is 37.0 Å². The number of nitrogens with one attached hydrogen (secondary N) is 3. The molecule has 0 spiro atoms. The molecular weight excluding hydrogens is 548 g/mol. The van der Waals surface area contributed by atoms with Gasteiger partial charge < -0.3 is 25.0 Å². The maximum atomic E-state index is 9.61. The number of hydrogen-bond acceptors (Lipinski definition) is 4. The van der Waals surface area contributed by atoms with Gasteiger partial charge in [-0.1, -0.05) is 50.6 Å². The lowest BCUT2D eigenvalue weighted by Gasteiger charge is -2.17. The number of nitrogens with zero attached hydrogens (tertiary/aromatic N) is 3. The Morgan fingerprint density at radius 3 is 2.43 bits per heavy atom. The number of aliphatic hydroxyl groups excluding tert-OH is 1. The first-order chi connectivity index (χ1) is 21.4. The van der Waals surface area contributed by atoms with Gasteiger partial charge in [-0.2, -0.15) is 0 Å². The number of ether oxygens (including phenoxy) is 1. The molecular formula is C36H45N6O2+. The van der Waals surface area contributed by atoms with Crippen LogP contribution >= 0.6 is 0 Å². The molecule has 8 heteroatoms. The maximum absolute atomic E-state index is 9.61. The van der Waals surface area contributed by atoms with Gasteiger partial charge in [-0.15, -0.1) is 4.68 Å². The molecule has 0 radical (unpaired) electrons. The average Bonchev–Trinajstić information content (AvgIpc) is 3.57. The minimum Gasteiger partial charge on any atom is -0.497 e. The van der Waals surface area contributed by atoms with Crippen LogP contribution in [0.25, 0.3) is 5.57 Å². The summed E-state index contributed by atoms with van der Waals surface area (Å²) in [6.07, 6.45) is 10.8. The van der Waals surface area contributed by atoms with Crippen molar-refractivity contribution in [1.82, 2.24) is 14.3 Å². The van der Waals surface area contributed by atoms with Crippen molar-refractivity contribution in [1.29, 1.82) is 0 Å². The lowest BCUT2D eigenvalue weighted by atomic mass is 9.99. The van der Waals surface area contributed by atoms with Crippen molar-refractivity contribution in [2.24, 2.45) is 7.05 Å². The largest absolute Gasteiger partial charge is 0.497 e. The van der Waals surface area contributed by atoms with E-state index in [1.54, 1.807) is 7.11 Å². The minimum atomic E-state index is -0.0324. The fourth-order valence-electron chi connectivity index (χ4n) is 5.63. The van der Waals surface area contributed by atoms with Gasteiger partial charge in [-0.05, 0) is 66.9 Å². The van der Waals surface area contributed by atoms with Crippen LogP contribution in [0.1, 0.15) is 62.0 Å². The molecule has 0 bridgehead atoms. The molecule has 3 heterocycles. The second kappa shape index (κ2) is 13.7. The Bertz CT molecular complexity index is 1680. The molecule has 0 saturated carbocycles. The fourth-order valence-corrected chi connectivity index (χ4v) is 5.63. The lowest BCUT2D eigenvalue weighted by molar-refractivity contribution is -0.435. The molecule has 1 aliphatic rings. The van der Waals surface area contributed by atoms with Gasteiger partial charge in [-0.3, -0.25) is 0 Å². The molecule has 4 aromatic rings. The van der Waals surface area contributed by atoms with Gasteiger partial charge in [-0.25, -0.2) is 9.67 Å². The number of rotatable bonds is 12. The summed E-state index contributed by atoms with van der Waals surface area (Å²) >= 11 is 0. The highest BCUT2D eigenvalue weighted by Crippen LogP contribution is 2.33. The molecule has 0 saturated heterocycles. The number of aromatic amines is 1. The SMILES string of the molecule is CC=C(CO)Nc1ccc(C(=C2C=CC(n3cc(C(C)CCC)[nH]3)=[N+]2C)c2ccc(NCc3ccc(OC)cc3)n2C)cc1. The van der Waals surface area contributed by atoms with Gasteiger partial charge in [0.05, 0.1) is 37.7 Å². The molecule has 230 valence electrons. The molecule has 1 aliphatic heterocycles. The highest BCUT2D eigenvalue weighted by Gasteiger charge is 2.28. The lowest BCUT2D eigenvalue weighted by Crippen LogP contribution is -2.26. The Labute approximate surface area is 260 Å². The summed E-state index contributed by atoms with van der Waals surface area (Å²) in [5.74, 6) is 3.48. The van der Waals surface area contributed by atoms with Crippen molar-refractivity contribution in [3.05, 3.63) is 119 Å². The molecule has 1 atom stereocenters. The van der Waals surface area contributed by atoms with Crippen LogP contribution in [-0.4, -0.2) is 50.6 Å². The third-order valence-electron chi connectivity index (χ3n) is 8.38. The molecule has 0 amide bonds. The number of methoxy groups -OCH3 is 1. The van der Waals surface area contributed by atoms with Crippen LogP contribution in [0, 0.1) is 0 Å². The normalized spacial score (nSPS) is 15.2. The first-order valence-corrected chi connectivity index (χ1v) is 15.3. The quantitative estimate of drug-likeness (QED) is 0.135. The van der Waals surface area contributed by atoms with Crippen molar-refractivity contribution in [2.75, 3.05) is 31.4 Å². The highest BCUT2D eigenvalue weighted by atomic mass is 16.5. The third kappa shape index (κ3) is 6.45. The molecule has 0 aliphatic carbocycles. The summed E-state index contributed by atoms with van der Waals surface area (Å²) in [7, 11) is 5.91. The van der Waals surface area contributed by atoms with Crippen LogP contribution in [0.2, 0.25) is 0 Å². The van der Waals surface area contributed by atoms with E-state index < -0.39 is 0 Å². The van der Waals surface area contributed by atoms with Crippen LogP contribution in [0.15, 0.2) is 96.5 Å². The molecule has 4 N–H and O–H groups in total. The number of anilines is 2. The number of allylic oxidation sites excluding steroid dienone is 3. The van der Waals surface area contributed by atoms with Crippen LogP contribution in [-0.2, 0) is 13.6 Å². The van der Waals surface area contributed by atoms with E-state index >= 15 is 0 Å². The predicted molar refractivity (Wildman–Crippen MR) is 180 cm³/mol. The Hall–Kier alpha value is -4.69. The monoisotopic (exact) mass is 593 g/mol. The Morgan fingerprint density at radius 2 is 1.80 bits per heavy atom. The predicted octanol–water partition coefficient (Wildman–Crippen LogP) is 6.91. The smallest absolute Gasteiger partial charge is 0.305 e. The Balaban J connectivity index is 1.50. The summed E-state index contributed by atoms with van der Waals surface area (Å²) in [6.45, 7) is 7.09. The third-order valence-corrected chi connectivity index (χ3v) is 8.38. The van der Waals surface area contributed by atoms with E-state index in [4.69, 9.17) is 4.74 Å². The van der Waals surface area contributed by atoms with Crippen molar-refractivity contribution in [2.45, 2.75) is 46.1 Å². The Morgan fingerprint density at radius 1 is 1.07 bits per heavy atom. The van der Waals surface area contributed by atoms with Gasteiger partial charge in [0.2, 0.25) is 0 Å². The van der Waals surface area contributed by atoms with Crippen molar-refractivity contribution >= 4 is 22.9 Å². The first kappa shape index (κ1) is 30.8. The van der Waals surface area contributed by atoms with Gasteiger partial charge in [0.25, 0.3) is 0 Å². The fraction of sp³-hybridized carbons (Fsp3) is 0.306. The number of aromatic nitrogens is 3. The average molecular weight is 594 g/mol. The highest BCUT2D eigenvalue weighted by molar-refractivity contribution is 5.95. The van der Waals surface area contributed by atoms with Crippen molar-refractivity contribution in [3.8, 4) is 5.75 Å². The molecule has 0 fully saturated rings. The zero-order chi connectivity index (χ0) is 31.2. The molecule has 1 unspecified atom stereocenters. The number of benzene rings is 2. The minimum absolute atomic E-state index is 0.0324. The number of H-pyrrole nitrogens is 1. The molecule has 44 heavy (non-hydrogen) atoms. The first-order valence-electron chi connectivity index (χ1n) is 15.3. The van der Waals surface area contributed by atoms with Crippen LogP contribution in [0.3, 0.4) is 0 Å². The van der Waals surface area contributed by atoms with E-state index in [1.165, 1.54) is 24.1 Å². The number of hydrogen-bond donors (Lipinski definition) is 4. The molecule has 2 aromatic heterocycles. The molecule has 8 nitrogen and oxygen atoms in total. The van der Waals surface area contributed by atoms with E-state index in [9.17, 15) is 5.11 Å². The second-order valence-corrected chi connectivity index (χ2v) is 11.3. The summed E-state index contributed by atoms with van der Waals surface area (Å²) in [5, 5.41) is 20.1. The number of aliphatic hydroxyl groups is 1. The second-order valence-electron chi connectivity index (χ2n) is 11.3. The zero-order valence-electron chi connectivity index (χ0n) is 26.7. The number of likely N-dealkylation sites (N-methyl/N-ethyl adjacent to an activating group) is 1. The van der Waals surface area contributed by atoms with Gasteiger partial charge >= 0.3 is 5.84 Å². The summed E-state index contributed by atoms with van der Waals surface area (Å²) in [4.78, 5) is 0. The molecule has 5 rings (SSSR count). The Kier molecular flexibility index (Phi) is 9.60. The van der Waals surface area contributed by atoms with Crippen LogP contribution < -0.4 is 15.4 Å². The van der Waals surface area contributed by atoms with Crippen LogP contribution in [0.4, 0.5) is 11.5 Å². The van der Waals surface area contributed by atoms with E-state index in [0.29, 0.717) is 12.5 Å².